The van der Waals surface area contributed by atoms with Crippen LogP contribution in [0.1, 0.15) is 206 Å². The Bertz CT molecular complexity index is 1590. The summed E-state index contributed by atoms with van der Waals surface area (Å²) in [6.07, 6.45) is 47.9. The molecule has 14 nitrogen and oxygen atoms in total. The molecule has 0 aromatic heterocycles. The van der Waals surface area contributed by atoms with Gasteiger partial charge in [-0.2, -0.15) is 0 Å². The van der Waals surface area contributed by atoms with Gasteiger partial charge in [0.15, 0.2) is 12.6 Å². The van der Waals surface area contributed by atoms with Crippen LogP contribution in [0.3, 0.4) is 0 Å². The summed E-state index contributed by atoms with van der Waals surface area (Å²) in [5, 5.41) is 72.4. The van der Waals surface area contributed by atoms with E-state index in [0.29, 0.717) is 13.0 Å². The number of carbonyl (C=O) groups excluding carboxylic acids is 1. The topological polar surface area (TPSA) is 214 Å². The largest absolute Gasteiger partial charge is 0.457 e. The fraction of sp³-hybridized carbons (Fsp3) is 0.762. The number of unbranched alkanes of at least 4 members (excludes halogenated alkanes) is 20. The number of carbonyl (C=O) groups is 1. The molecule has 0 aromatic carbocycles. The molecule has 11 unspecified atom stereocenters. The van der Waals surface area contributed by atoms with Crippen LogP contribution < -0.4 is 0 Å². The number of aliphatic hydroxyl groups excluding tert-OH is 7. The number of hydrogen-bond donors (Lipinski definition) is 7. The molecule has 77 heavy (non-hydrogen) atoms. The van der Waals surface area contributed by atoms with Gasteiger partial charge in [0.05, 0.1) is 26.4 Å². The highest BCUT2D eigenvalue weighted by Crippen LogP contribution is 2.26. The fourth-order valence-electron chi connectivity index (χ4n) is 9.05. The molecule has 0 spiro atoms. The third-order valence-electron chi connectivity index (χ3n) is 13.9. The summed E-state index contributed by atoms with van der Waals surface area (Å²) in [5.41, 5.74) is 0. The van der Waals surface area contributed by atoms with Crippen molar-refractivity contribution in [2.75, 3.05) is 33.0 Å². The van der Waals surface area contributed by atoms with E-state index < -0.39 is 86.7 Å². The Balaban J connectivity index is 1.71. The molecule has 14 heteroatoms. The molecular formula is C63H108O14. The average molecular weight is 1090 g/mol. The highest BCUT2D eigenvalue weighted by molar-refractivity contribution is 5.69. The maximum Gasteiger partial charge on any atom is 0.306 e. The van der Waals surface area contributed by atoms with E-state index in [0.717, 1.165) is 77.0 Å². The van der Waals surface area contributed by atoms with Gasteiger partial charge in [-0.05, 0) is 89.9 Å². The Kier molecular flexibility index (Phi) is 44.7. The lowest BCUT2D eigenvalue weighted by Crippen LogP contribution is -2.61. The second-order valence-corrected chi connectivity index (χ2v) is 20.8. The third kappa shape index (κ3) is 35.5. The molecule has 0 aliphatic carbocycles. The number of esters is 1. The lowest BCUT2D eigenvalue weighted by molar-refractivity contribution is -0.332. The zero-order chi connectivity index (χ0) is 55.8. The highest BCUT2D eigenvalue weighted by Gasteiger charge is 2.47. The predicted molar refractivity (Wildman–Crippen MR) is 307 cm³/mol. The van der Waals surface area contributed by atoms with E-state index >= 15 is 0 Å². The molecule has 0 saturated carbocycles. The Labute approximate surface area is 465 Å². The second-order valence-electron chi connectivity index (χ2n) is 20.8. The van der Waals surface area contributed by atoms with Crippen LogP contribution in [-0.4, -0.2) is 142 Å². The van der Waals surface area contributed by atoms with Gasteiger partial charge >= 0.3 is 5.97 Å². The van der Waals surface area contributed by atoms with Gasteiger partial charge in [-0.15, -0.1) is 0 Å². The van der Waals surface area contributed by atoms with Crippen molar-refractivity contribution in [2.24, 2.45) is 0 Å². The van der Waals surface area contributed by atoms with Crippen molar-refractivity contribution in [2.45, 2.75) is 274 Å². The van der Waals surface area contributed by atoms with Gasteiger partial charge in [0.1, 0.15) is 54.9 Å². The molecule has 11 atom stereocenters. The molecule has 2 heterocycles. The summed E-state index contributed by atoms with van der Waals surface area (Å²) in [6.45, 7) is 3.52. The van der Waals surface area contributed by atoms with E-state index in [1.165, 1.54) is 103 Å². The number of allylic oxidation sites excluding steroid dienone is 14. The van der Waals surface area contributed by atoms with Gasteiger partial charge in [-0.1, -0.05) is 195 Å². The normalized spacial score (nSPS) is 24.9. The molecule has 2 fully saturated rings. The summed E-state index contributed by atoms with van der Waals surface area (Å²) < 4.78 is 34.4. The zero-order valence-corrected chi connectivity index (χ0v) is 47.7. The van der Waals surface area contributed by atoms with Crippen LogP contribution in [0.4, 0.5) is 0 Å². The number of aliphatic hydroxyl groups is 7. The Hall–Kier alpha value is -2.83. The Morgan fingerprint density at radius 2 is 0.844 bits per heavy atom. The van der Waals surface area contributed by atoms with Crippen LogP contribution >= 0.6 is 0 Å². The van der Waals surface area contributed by atoms with Crippen LogP contribution in [0, 0.1) is 0 Å². The van der Waals surface area contributed by atoms with Gasteiger partial charge in [0, 0.05) is 13.0 Å². The Morgan fingerprint density at radius 1 is 0.442 bits per heavy atom. The molecule has 444 valence electrons. The minimum atomic E-state index is -1.72. The molecule has 0 radical (unpaired) electrons. The first-order valence-corrected chi connectivity index (χ1v) is 30.2. The maximum absolute atomic E-state index is 13.1. The third-order valence-corrected chi connectivity index (χ3v) is 13.9. The monoisotopic (exact) mass is 1090 g/mol. The molecular weight excluding hydrogens is 981 g/mol. The lowest BCUT2D eigenvalue weighted by Gasteiger charge is -2.42. The van der Waals surface area contributed by atoms with Crippen molar-refractivity contribution < 1.29 is 69.0 Å². The SMILES string of the molecule is CC/C=C\C/C=C\C/C=C\C/C=C\C/C=C\CCCCCC(=O)OC(COCCCCCCCCCCCCCC/C=C\C/C=C\CCCCCCC)COC1OC(COC2OC(CO)C(O)C(O)C2O)C(O)C(O)C1O. The molecule has 2 aliphatic heterocycles. The van der Waals surface area contributed by atoms with Crippen molar-refractivity contribution in [3.05, 3.63) is 85.1 Å². The van der Waals surface area contributed by atoms with Crippen LogP contribution in [0.5, 0.6) is 0 Å². The minimum absolute atomic E-state index is 0.0428. The summed E-state index contributed by atoms with van der Waals surface area (Å²) >= 11 is 0. The van der Waals surface area contributed by atoms with Crippen LogP contribution in [0.25, 0.3) is 0 Å². The van der Waals surface area contributed by atoms with Crippen molar-refractivity contribution in [3.8, 4) is 0 Å². The van der Waals surface area contributed by atoms with Gasteiger partial charge in [0.2, 0.25) is 0 Å². The smallest absolute Gasteiger partial charge is 0.306 e. The standard InChI is InChI=1S/C63H108O14/c1-3-5-7-9-11-13-15-17-19-21-23-24-25-26-27-29-31-33-35-37-39-41-43-45-47-72-49-52(75-55(65)46-44-42-40-38-36-34-32-30-28-22-20-18-16-14-12-10-8-6-4-2)50-73-62-61(71)59(69)57(67)54(77-62)51-74-63-60(70)58(68)56(66)53(48-64)76-63/h6,8,12,14-15,17-18,20-21,23,28,30,34,36,52-54,56-64,66-71H,3-5,7,9-11,13,16,19,22,24-27,29,31-33,35,37-51H2,1-2H3/b8-6-,14-12-,17-15-,20-18-,23-21-,30-28-,36-34-. The zero-order valence-electron chi connectivity index (χ0n) is 47.7. The fourth-order valence-corrected chi connectivity index (χ4v) is 9.05. The van der Waals surface area contributed by atoms with Gasteiger partial charge < -0.3 is 64.2 Å². The number of hydrogen-bond acceptors (Lipinski definition) is 14. The summed E-state index contributed by atoms with van der Waals surface area (Å²) in [5.74, 6) is -0.409. The summed E-state index contributed by atoms with van der Waals surface area (Å²) in [6, 6.07) is 0. The molecule has 7 N–H and O–H groups in total. The van der Waals surface area contributed by atoms with Crippen LogP contribution in [0.15, 0.2) is 85.1 Å². The summed E-state index contributed by atoms with van der Waals surface area (Å²) in [4.78, 5) is 13.1. The second kappa shape index (κ2) is 49.0. The molecule has 0 amide bonds. The van der Waals surface area contributed by atoms with E-state index in [-0.39, 0.29) is 19.6 Å². The number of rotatable bonds is 48. The van der Waals surface area contributed by atoms with E-state index in [2.05, 4.69) is 98.9 Å². The quantitative estimate of drug-likeness (QED) is 0.0172. The summed E-state index contributed by atoms with van der Waals surface area (Å²) in [7, 11) is 0. The lowest BCUT2D eigenvalue weighted by atomic mass is 9.98. The average Bonchev–Trinajstić information content (AvgIpc) is 3.43. The van der Waals surface area contributed by atoms with Crippen LogP contribution in [-0.2, 0) is 33.2 Å². The highest BCUT2D eigenvalue weighted by atomic mass is 16.7. The van der Waals surface area contributed by atoms with Crippen molar-refractivity contribution >= 4 is 5.97 Å². The Morgan fingerprint density at radius 3 is 1.32 bits per heavy atom. The van der Waals surface area contributed by atoms with Crippen molar-refractivity contribution in [3.63, 3.8) is 0 Å². The molecule has 0 aromatic rings. The minimum Gasteiger partial charge on any atom is -0.457 e. The van der Waals surface area contributed by atoms with Gasteiger partial charge in [-0.25, -0.2) is 0 Å². The molecule has 2 saturated heterocycles. The molecule has 0 bridgehead atoms. The van der Waals surface area contributed by atoms with Crippen molar-refractivity contribution in [1.29, 1.82) is 0 Å². The van der Waals surface area contributed by atoms with Gasteiger partial charge in [0.25, 0.3) is 0 Å². The first-order valence-electron chi connectivity index (χ1n) is 30.2. The van der Waals surface area contributed by atoms with Crippen LogP contribution in [0.2, 0.25) is 0 Å². The van der Waals surface area contributed by atoms with E-state index in [4.69, 9.17) is 28.4 Å². The predicted octanol–water partition coefficient (Wildman–Crippen LogP) is 11.2. The van der Waals surface area contributed by atoms with E-state index in [9.17, 15) is 40.5 Å². The van der Waals surface area contributed by atoms with Gasteiger partial charge in [-0.3, -0.25) is 4.79 Å². The number of ether oxygens (including phenoxy) is 6. The maximum atomic E-state index is 13.1. The van der Waals surface area contributed by atoms with E-state index in [1.54, 1.807) is 0 Å². The molecule has 2 rings (SSSR count). The van der Waals surface area contributed by atoms with Crippen molar-refractivity contribution in [1.82, 2.24) is 0 Å². The molecule has 2 aliphatic rings. The first kappa shape index (κ1) is 70.3. The first-order chi connectivity index (χ1) is 37.6. The van der Waals surface area contributed by atoms with E-state index in [1.807, 2.05) is 0 Å².